The number of rotatable bonds is 13. The fraction of sp³-hybridized carbons (Fsp3) is 0.730. The Bertz CT molecular complexity index is 2540. The molecule has 1 saturated heterocycles. The molecule has 1 heterocycles. The molecule has 87 heavy (non-hydrogen) atoms. The van der Waals surface area contributed by atoms with Gasteiger partial charge in [0.2, 0.25) is 65.0 Å². The lowest BCUT2D eigenvalue weighted by Crippen LogP contribution is -2.63. The zero-order chi connectivity index (χ0) is 67.0. The Labute approximate surface area is 517 Å². The Kier molecular flexibility index (Phi) is 29.5. The number of nitrogens with one attached hydrogen (secondary N) is 4. The largest absolute Gasteiger partial charge is 0.391 e. The molecule has 2 rings (SSSR count). The van der Waals surface area contributed by atoms with Crippen LogP contribution >= 0.6 is 0 Å². The van der Waals surface area contributed by atoms with Gasteiger partial charge in [-0.3, -0.25) is 52.7 Å². The quantitative estimate of drug-likeness (QED) is 0.190. The minimum Gasteiger partial charge on any atom is -0.391 e. The number of hydrogen-bond donors (Lipinski definition) is 5. The molecule has 0 unspecified atom stereocenters. The number of amides is 11. The number of carbonyl (C=O) groups excluding carboxylic acids is 11. The average molecular weight is 1230 g/mol. The molecule has 0 aromatic heterocycles. The molecule has 0 bridgehead atoms. The van der Waals surface area contributed by atoms with E-state index in [0.717, 1.165) is 14.7 Å². The highest BCUT2D eigenvalue weighted by molar-refractivity contribution is 6.00. The number of hydrogen-bond acceptors (Lipinski definition) is 13. The number of benzene rings is 1. The van der Waals surface area contributed by atoms with Gasteiger partial charge >= 0.3 is 0 Å². The van der Waals surface area contributed by atoms with Crippen molar-refractivity contribution >= 4 is 65.0 Å². The van der Waals surface area contributed by atoms with E-state index in [1.807, 2.05) is 48.5 Å². The third kappa shape index (κ3) is 21.3. The summed E-state index contributed by atoms with van der Waals surface area (Å²) in [5, 5.41) is 22.2. The van der Waals surface area contributed by atoms with E-state index in [1.165, 1.54) is 104 Å². The van der Waals surface area contributed by atoms with Crippen LogP contribution in [0.4, 0.5) is 0 Å². The third-order valence-electron chi connectivity index (χ3n) is 16.4. The van der Waals surface area contributed by atoms with Crippen LogP contribution in [0.5, 0.6) is 0 Å². The first-order valence-corrected chi connectivity index (χ1v) is 30.6. The molecule has 1 aliphatic heterocycles. The van der Waals surface area contributed by atoms with Crippen molar-refractivity contribution in [3.8, 4) is 0 Å². The van der Waals surface area contributed by atoms with Gasteiger partial charge in [0.25, 0.3) is 0 Å². The first kappa shape index (κ1) is 76.4. The van der Waals surface area contributed by atoms with Crippen molar-refractivity contribution in [1.82, 2.24) is 55.6 Å². The molecular weight excluding hydrogens is 1120 g/mol. The molecule has 24 heteroatoms. The molecular formula is C63H107N11O13. The summed E-state index contributed by atoms with van der Waals surface area (Å²) in [5.41, 5.74) is -0.148. The molecule has 0 radical (unpaired) electrons. The molecule has 11 amide bonds. The summed E-state index contributed by atoms with van der Waals surface area (Å²) in [7, 11) is 9.73. The lowest BCUT2D eigenvalue weighted by atomic mass is 9.94. The van der Waals surface area contributed by atoms with Crippen LogP contribution in [0.25, 0.3) is 0 Å². The van der Waals surface area contributed by atoms with Gasteiger partial charge in [0.05, 0.1) is 18.3 Å². The number of aliphatic hydroxyl groups is 1. The highest BCUT2D eigenvalue weighted by Crippen LogP contribution is 2.23. The molecule has 0 spiro atoms. The van der Waals surface area contributed by atoms with Gasteiger partial charge in [0.15, 0.2) is 0 Å². The maximum Gasteiger partial charge on any atom is 0.248 e. The standard InChI is InChI=1S/C63H107N11O13/c1-24-38(8)51-62(86)69(18)42(12)59(83)71(20)47(31-36(4)5)54(78)66-45(34-87-63(14,15)16)60(84)73(22)46(30-35(2)3)52(76)64-39(9)56(80)68(17)41(11)58(82)72(21)49(33-44-28-26-25-27-29-44)53(77)65-40(10)57(81)70(19)48(32-37(6)7)55(79)67-50(43(13)75)61(85)74(51)23/h25-29,35-43,45-51,75H,24,30-34H2,1-23H3,(H,64,76)(H,65,77)(H,66,78)(H,67,79)/t38-,39+,40-,41-,42-,43+,45-,46-,47-,48-,49-,50-,51-/m0/s1. The number of ether oxygens (including phenoxy) is 1. The molecule has 24 nitrogen and oxygen atoms in total. The van der Waals surface area contributed by atoms with Crippen LogP contribution in [-0.2, 0) is 63.9 Å². The minimum atomic E-state index is -1.64. The topological polar surface area (TPSA) is 288 Å². The lowest BCUT2D eigenvalue weighted by Gasteiger charge is -2.39. The number of nitrogens with zero attached hydrogens (tertiary/aromatic N) is 7. The minimum absolute atomic E-state index is 0.0209. The molecule has 0 saturated carbocycles. The molecule has 5 N–H and O–H groups in total. The van der Waals surface area contributed by atoms with Crippen LogP contribution in [0.15, 0.2) is 30.3 Å². The second-order valence-corrected chi connectivity index (χ2v) is 26.1. The highest BCUT2D eigenvalue weighted by atomic mass is 16.5. The van der Waals surface area contributed by atoms with Crippen LogP contribution in [-0.4, -0.2) is 238 Å². The predicted octanol–water partition coefficient (Wildman–Crippen LogP) is 2.43. The number of likely N-dealkylation sites (N-methyl/N-ethyl adjacent to an activating group) is 7. The van der Waals surface area contributed by atoms with Gasteiger partial charge in [-0.15, -0.1) is 0 Å². The molecule has 13 atom stereocenters. The molecule has 1 aromatic rings. The molecule has 492 valence electrons. The van der Waals surface area contributed by atoms with Crippen LogP contribution in [0.3, 0.4) is 0 Å². The number of carbonyl (C=O) groups is 11. The zero-order valence-corrected chi connectivity index (χ0v) is 56.3. The molecule has 1 aliphatic rings. The first-order chi connectivity index (χ1) is 40.1. The van der Waals surface area contributed by atoms with Crippen LogP contribution in [0.2, 0.25) is 0 Å². The van der Waals surface area contributed by atoms with Crippen LogP contribution in [0.1, 0.15) is 142 Å². The molecule has 1 fully saturated rings. The fourth-order valence-corrected chi connectivity index (χ4v) is 10.4. The van der Waals surface area contributed by atoms with Crippen molar-refractivity contribution in [1.29, 1.82) is 0 Å². The second-order valence-electron chi connectivity index (χ2n) is 26.1. The fourth-order valence-electron chi connectivity index (χ4n) is 10.4. The van der Waals surface area contributed by atoms with Crippen molar-refractivity contribution in [2.45, 2.75) is 221 Å². The van der Waals surface area contributed by atoms with E-state index < -0.39 is 149 Å². The van der Waals surface area contributed by atoms with Gasteiger partial charge in [-0.1, -0.05) is 92.1 Å². The lowest BCUT2D eigenvalue weighted by molar-refractivity contribution is -0.154. The summed E-state index contributed by atoms with van der Waals surface area (Å²) >= 11 is 0. The molecule has 0 aliphatic carbocycles. The second kappa shape index (κ2) is 33.6. The maximum atomic E-state index is 14.9. The Morgan fingerprint density at radius 3 is 1.25 bits per heavy atom. The normalized spacial score (nSPS) is 27.3. The summed E-state index contributed by atoms with van der Waals surface area (Å²) in [5.74, 6) is -9.03. The third-order valence-corrected chi connectivity index (χ3v) is 16.4. The number of aliphatic hydroxyl groups excluding tert-OH is 1. The van der Waals surface area contributed by atoms with E-state index in [4.69, 9.17) is 4.74 Å². The average Bonchev–Trinajstić information content (AvgIpc) is 1.61. The van der Waals surface area contributed by atoms with Gasteiger partial charge < -0.3 is 65.4 Å². The van der Waals surface area contributed by atoms with Crippen molar-refractivity contribution < 1.29 is 62.6 Å². The van der Waals surface area contributed by atoms with Crippen LogP contribution < -0.4 is 21.3 Å². The van der Waals surface area contributed by atoms with Gasteiger partial charge in [-0.05, 0) is 104 Å². The maximum absolute atomic E-state index is 14.9. The Morgan fingerprint density at radius 1 is 0.471 bits per heavy atom. The molecule has 1 aromatic carbocycles. The van der Waals surface area contributed by atoms with Gasteiger partial charge in [-0.2, -0.15) is 0 Å². The van der Waals surface area contributed by atoms with Crippen molar-refractivity contribution in [3.63, 3.8) is 0 Å². The zero-order valence-electron chi connectivity index (χ0n) is 56.3. The smallest absolute Gasteiger partial charge is 0.248 e. The Morgan fingerprint density at radius 2 is 0.839 bits per heavy atom. The van der Waals surface area contributed by atoms with Gasteiger partial charge in [0.1, 0.15) is 66.5 Å². The van der Waals surface area contributed by atoms with Gasteiger partial charge in [0, 0.05) is 55.8 Å². The summed E-state index contributed by atoms with van der Waals surface area (Å²) in [6, 6.07) is -5.38. The van der Waals surface area contributed by atoms with E-state index in [-0.39, 0.29) is 50.0 Å². The Balaban J connectivity index is 2.98. The highest BCUT2D eigenvalue weighted by Gasteiger charge is 2.44. The van der Waals surface area contributed by atoms with Crippen molar-refractivity contribution in [2.24, 2.45) is 23.7 Å². The SMILES string of the molecule is CC[C@H](C)[C@H]1C(=O)N(C)[C@@H](C)C(=O)N(C)[C@@H](CC(C)C)C(=O)N[C@@H](COC(C)(C)C)C(=O)N(C)[C@@H](CC(C)C)C(=O)N[C@H](C)C(=O)N(C)[C@@H](C)C(=O)N(C)[C@@H](Cc2ccccc2)C(=O)N[C@@H](C)C(=O)N(C)[C@@H](CC(C)C)C(=O)N[C@@H]([C@@H](C)O)C(=O)N1C. The van der Waals surface area contributed by atoms with Crippen molar-refractivity contribution in [3.05, 3.63) is 35.9 Å². The summed E-state index contributed by atoms with van der Waals surface area (Å²) in [4.78, 5) is 169. The summed E-state index contributed by atoms with van der Waals surface area (Å²) < 4.78 is 6.10. The first-order valence-electron chi connectivity index (χ1n) is 30.6. The van der Waals surface area contributed by atoms with E-state index in [1.54, 1.807) is 58.0 Å². The monoisotopic (exact) mass is 1230 g/mol. The van der Waals surface area contributed by atoms with Crippen molar-refractivity contribution in [2.75, 3.05) is 55.9 Å². The van der Waals surface area contributed by atoms with Gasteiger partial charge in [-0.25, -0.2) is 0 Å². The van der Waals surface area contributed by atoms with Crippen LogP contribution in [0, 0.1) is 23.7 Å². The summed E-state index contributed by atoms with van der Waals surface area (Å²) in [6.45, 7) is 26.6. The van der Waals surface area contributed by atoms with E-state index in [2.05, 4.69) is 21.3 Å². The Hall–Kier alpha value is -6.69. The summed E-state index contributed by atoms with van der Waals surface area (Å²) in [6.07, 6.45) is -0.879. The predicted molar refractivity (Wildman–Crippen MR) is 332 cm³/mol. The van der Waals surface area contributed by atoms with E-state index in [9.17, 15) is 57.8 Å². The van der Waals surface area contributed by atoms with E-state index in [0.29, 0.717) is 12.0 Å². The van der Waals surface area contributed by atoms with E-state index >= 15 is 0 Å².